The zero-order valence-corrected chi connectivity index (χ0v) is 17.5. The molecule has 3 N–H and O–H groups in total. The summed E-state index contributed by atoms with van der Waals surface area (Å²) >= 11 is 0. The molecule has 2 amide bonds. The van der Waals surface area contributed by atoms with E-state index in [-0.39, 0.29) is 18.7 Å². The summed E-state index contributed by atoms with van der Waals surface area (Å²) in [5.74, 6) is 1.85. The van der Waals surface area contributed by atoms with Crippen molar-refractivity contribution < 1.29 is 19.4 Å². The van der Waals surface area contributed by atoms with E-state index in [9.17, 15) is 9.90 Å². The van der Waals surface area contributed by atoms with Crippen LogP contribution in [0.25, 0.3) is 0 Å². The van der Waals surface area contributed by atoms with E-state index in [1.165, 1.54) is 0 Å². The number of amides is 2. The fourth-order valence-corrected chi connectivity index (χ4v) is 2.95. The Balaban J connectivity index is 1.93. The molecule has 0 fully saturated rings. The number of aliphatic hydroxyl groups is 1. The van der Waals surface area contributed by atoms with Gasteiger partial charge in [-0.1, -0.05) is 44.2 Å². The van der Waals surface area contributed by atoms with Gasteiger partial charge in [0.2, 0.25) is 0 Å². The lowest BCUT2D eigenvalue weighted by atomic mass is 10.1. The van der Waals surface area contributed by atoms with Crippen LogP contribution in [0.15, 0.2) is 48.5 Å². The van der Waals surface area contributed by atoms with Crippen LogP contribution in [0.3, 0.4) is 0 Å². The third-order valence-electron chi connectivity index (χ3n) is 4.49. The highest BCUT2D eigenvalue weighted by Crippen LogP contribution is 2.30. The molecule has 0 saturated carbocycles. The molecule has 0 aliphatic heterocycles. The van der Waals surface area contributed by atoms with Crippen LogP contribution in [0.1, 0.15) is 32.3 Å². The maximum Gasteiger partial charge on any atom is 0.319 e. The summed E-state index contributed by atoms with van der Waals surface area (Å²) in [5.41, 5.74) is 1.65. The number of hydrogen-bond acceptors (Lipinski definition) is 4. The lowest BCUT2D eigenvalue weighted by Gasteiger charge is -2.18. The van der Waals surface area contributed by atoms with Gasteiger partial charge in [-0.2, -0.15) is 0 Å². The average Bonchev–Trinajstić information content (AvgIpc) is 2.71. The van der Waals surface area contributed by atoms with Crippen LogP contribution in [0, 0.1) is 5.92 Å². The molecule has 6 nitrogen and oxygen atoms in total. The van der Waals surface area contributed by atoms with Gasteiger partial charge in [-0.05, 0) is 42.9 Å². The van der Waals surface area contributed by atoms with Gasteiger partial charge in [-0.25, -0.2) is 4.79 Å². The van der Waals surface area contributed by atoms with E-state index >= 15 is 0 Å². The highest BCUT2D eigenvalue weighted by atomic mass is 16.5. The van der Waals surface area contributed by atoms with Crippen molar-refractivity contribution in [2.45, 2.75) is 39.2 Å². The first-order valence-corrected chi connectivity index (χ1v) is 10.0. The summed E-state index contributed by atoms with van der Waals surface area (Å²) in [4.78, 5) is 12.4. The second kappa shape index (κ2) is 12.0. The molecule has 0 aliphatic rings. The van der Waals surface area contributed by atoms with Crippen LogP contribution in [0.5, 0.6) is 11.5 Å². The van der Waals surface area contributed by atoms with Gasteiger partial charge in [0.15, 0.2) is 11.5 Å². The van der Waals surface area contributed by atoms with Gasteiger partial charge in [-0.3, -0.25) is 0 Å². The molecular weight excluding hydrogens is 368 g/mol. The number of methoxy groups -OCH3 is 1. The molecule has 0 bridgehead atoms. The maximum atomic E-state index is 12.4. The molecule has 6 heteroatoms. The minimum Gasteiger partial charge on any atom is -0.493 e. The van der Waals surface area contributed by atoms with Crippen molar-refractivity contribution >= 4 is 11.7 Å². The number of benzene rings is 2. The van der Waals surface area contributed by atoms with E-state index in [0.29, 0.717) is 36.1 Å². The van der Waals surface area contributed by atoms with E-state index < -0.39 is 0 Å². The van der Waals surface area contributed by atoms with Crippen LogP contribution in [-0.2, 0) is 6.42 Å². The summed E-state index contributed by atoms with van der Waals surface area (Å²) in [6.07, 6.45) is 2.60. The Hall–Kier alpha value is -2.73. The highest BCUT2D eigenvalue weighted by Gasteiger charge is 2.13. The van der Waals surface area contributed by atoms with Crippen LogP contribution < -0.4 is 20.1 Å². The number of nitrogens with one attached hydrogen (secondary N) is 2. The summed E-state index contributed by atoms with van der Waals surface area (Å²) in [5, 5.41) is 15.2. The lowest BCUT2D eigenvalue weighted by Crippen LogP contribution is -2.41. The molecule has 2 aromatic rings. The fraction of sp³-hybridized carbons (Fsp3) is 0.435. The zero-order chi connectivity index (χ0) is 21.1. The quantitative estimate of drug-likeness (QED) is 0.493. The smallest absolute Gasteiger partial charge is 0.319 e. The molecule has 0 radical (unpaired) electrons. The topological polar surface area (TPSA) is 79.8 Å². The van der Waals surface area contributed by atoms with Crippen molar-refractivity contribution in [3.05, 3.63) is 54.1 Å². The van der Waals surface area contributed by atoms with E-state index in [1.54, 1.807) is 25.3 Å². The molecule has 0 saturated heterocycles. The summed E-state index contributed by atoms with van der Waals surface area (Å²) in [6.45, 7) is 4.81. The highest BCUT2D eigenvalue weighted by molar-refractivity contribution is 5.89. The van der Waals surface area contributed by atoms with Gasteiger partial charge in [0.25, 0.3) is 0 Å². The Morgan fingerprint density at radius 2 is 1.86 bits per heavy atom. The predicted molar refractivity (Wildman–Crippen MR) is 116 cm³/mol. The second-order valence-corrected chi connectivity index (χ2v) is 7.42. The molecule has 158 valence electrons. The summed E-state index contributed by atoms with van der Waals surface area (Å²) in [6, 6.07) is 14.3. The first kappa shape index (κ1) is 22.6. The summed E-state index contributed by atoms with van der Waals surface area (Å²) < 4.78 is 11.2. The monoisotopic (exact) mass is 400 g/mol. The first-order chi connectivity index (χ1) is 14.0. The lowest BCUT2D eigenvalue weighted by molar-refractivity contribution is 0.224. The number of hydrogen-bond donors (Lipinski definition) is 3. The third-order valence-corrected chi connectivity index (χ3v) is 4.49. The average molecular weight is 401 g/mol. The van der Waals surface area contributed by atoms with Crippen molar-refractivity contribution in [1.29, 1.82) is 0 Å². The predicted octanol–water partition coefficient (Wildman–Crippen LogP) is 4.24. The van der Waals surface area contributed by atoms with Crippen molar-refractivity contribution in [3.63, 3.8) is 0 Å². The third kappa shape index (κ3) is 8.03. The number of anilines is 1. The molecule has 1 unspecified atom stereocenters. The molecule has 0 heterocycles. The van der Waals surface area contributed by atoms with Gasteiger partial charge in [-0.15, -0.1) is 0 Å². The fourth-order valence-electron chi connectivity index (χ4n) is 2.95. The number of ether oxygens (including phenoxy) is 2. The Morgan fingerprint density at radius 1 is 1.10 bits per heavy atom. The van der Waals surface area contributed by atoms with Crippen molar-refractivity contribution in [2.75, 3.05) is 25.6 Å². The van der Waals surface area contributed by atoms with Crippen molar-refractivity contribution in [2.24, 2.45) is 5.92 Å². The zero-order valence-electron chi connectivity index (χ0n) is 17.5. The Bertz CT molecular complexity index is 750. The maximum absolute atomic E-state index is 12.4. The van der Waals surface area contributed by atoms with Crippen LogP contribution in [-0.4, -0.2) is 37.5 Å². The molecule has 0 aliphatic carbocycles. The van der Waals surface area contributed by atoms with Crippen LogP contribution in [0.4, 0.5) is 10.5 Å². The number of urea groups is 1. The largest absolute Gasteiger partial charge is 0.493 e. The normalized spacial score (nSPS) is 11.8. The number of rotatable bonds is 11. The van der Waals surface area contributed by atoms with Gasteiger partial charge in [0.05, 0.1) is 26.4 Å². The number of carbonyl (C=O) groups is 1. The van der Waals surface area contributed by atoms with Gasteiger partial charge < -0.3 is 25.2 Å². The molecule has 2 aromatic carbocycles. The van der Waals surface area contributed by atoms with Gasteiger partial charge in [0.1, 0.15) is 0 Å². The molecule has 1 atom stereocenters. The standard InChI is InChI=1S/C23H32N2O4/c1-17(2)8-7-13-29-22-15-19(11-12-21(22)28-3)24-23(27)25-20(16-26)14-18-9-5-4-6-10-18/h4-6,9-12,15,17,20,26H,7-8,13-14,16H2,1-3H3,(H2,24,25,27). The van der Waals surface area contributed by atoms with Gasteiger partial charge in [0, 0.05) is 11.8 Å². The molecule has 29 heavy (non-hydrogen) atoms. The van der Waals surface area contributed by atoms with Crippen LogP contribution >= 0.6 is 0 Å². The van der Waals surface area contributed by atoms with E-state index in [2.05, 4.69) is 24.5 Å². The Morgan fingerprint density at radius 3 is 2.52 bits per heavy atom. The first-order valence-electron chi connectivity index (χ1n) is 10.0. The Kier molecular flexibility index (Phi) is 9.31. The van der Waals surface area contributed by atoms with Crippen LogP contribution in [0.2, 0.25) is 0 Å². The molecule has 0 aromatic heterocycles. The minimum atomic E-state index is -0.379. The SMILES string of the molecule is COc1ccc(NC(=O)NC(CO)Cc2ccccc2)cc1OCCCC(C)C. The molecule has 0 spiro atoms. The Labute approximate surface area is 173 Å². The van der Waals surface area contributed by atoms with E-state index in [4.69, 9.17) is 9.47 Å². The molecular formula is C23H32N2O4. The van der Waals surface area contributed by atoms with E-state index in [0.717, 1.165) is 18.4 Å². The molecule has 2 rings (SSSR count). The summed E-state index contributed by atoms with van der Waals surface area (Å²) in [7, 11) is 1.59. The number of carbonyl (C=O) groups excluding carboxylic acids is 1. The van der Waals surface area contributed by atoms with E-state index in [1.807, 2.05) is 30.3 Å². The van der Waals surface area contributed by atoms with Gasteiger partial charge >= 0.3 is 6.03 Å². The van der Waals surface area contributed by atoms with Crippen molar-refractivity contribution in [1.82, 2.24) is 5.32 Å². The number of aliphatic hydroxyl groups excluding tert-OH is 1. The van der Waals surface area contributed by atoms with Crippen molar-refractivity contribution in [3.8, 4) is 11.5 Å². The minimum absolute atomic E-state index is 0.144. The second-order valence-electron chi connectivity index (χ2n) is 7.42.